The standard InChI is InChI=1S/C13H24N2O3S/c1-13(2,3)18-12(17)14-6-9-19-10-11(16)15-7-4-5-8-15/h4-10H2,1-3H3,(H,14,17). The van der Waals surface area contributed by atoms with Crippen LogP contribution in [0.2, 0.25) is 0 Å². The molecule has 0 aliphatic carbocycles. The molecule has 5 nitrogen and oxygen atoms in total. The first kappa shape index (κ1) is 16.1. The van der Waals surface area contributed by atoms with E-state index in [-0.39, 0.29) is 5.91 Å². The van der Waals surface area contributed by atoms with Crippen LogP contribution < -0.4 is 5.32 Å². The van der Waals surface area contributed by atoms with Crippen molar-refractivity contribution in [3.05, 3.63) is 0 Å². The quantitative estimate of drug-likeness (QED) is 0.785. The van der Waals surface area contributed by atoms with Gasteiger partial charge < -0.3 is 15.0 Å². The number of nitrogens with zero attached hydrogens (tertiary/aromatic N) is 1. The summed E-state index contributed by atoms with van der Waals surface area (Å²) in [5.74, 6) is 1.43. The van der Waals surface area contributed by atoms with Crippen LogP contribution >= 0.6 is 11.8 Å². The van der Waals surface area contributed by atoms with Crippen LogP contribution in [0, 0.1) is 0 Å². The Kier molecular flexibility index (Phi) is 6.48. The Balaban J connectivity index is 2.01. The lowest BCUT2D eigenvalue weighted by atomic mass is 10.2. The van der Waals surface area contributed by atoms with Crippen LogP contribution in [0.4, 0.5) is 4.79 Å². The second-order valence-electron chi connectivity index (χ2n) is 5.57. The van der Waals surface area contributed by atoms with Crippen LogP contribution in [0.5, 0.6) is 0 Å². The SMILES string of the molecule is CC(C)(C)OC(=O)NCCSCC(=O)N1CCCC1. The van der Waals surface area contributed by atoms with E-state index in [1.54, 1.807) is 11.8 Å². The molecule has 6 heteroatoms. The molecule has 1 rings (SSSR count). The molecular formula is C13H24N2O3S. The van der Waals surface area contributed by atoms with Gasteiger partial charge in [0.1, 0.15) is 5.60 Å². The molecule has 0 unspecified atom stereocenters. The molecule has 0 aromatic heterocycles. The maximum Gasteiger partial charge on any atom is 0.407 e. The summed E-state index contributed by atoms with van der Waals surface area (Å²) >= 11 is 1.55. The van der Waals surface area contributed by atoms with Crippen molar-refractivity contribution in [2.24, 2.45) is 0 Å². The molecule has 19 heavy (non-hydrogen) atoms. The molecule has 0 aromatic carbocycles. The van der Waals surface area contributed by atoms with Gasteiger partial charge in [-0.15, -0.1) is 0 Å². The van der Waals surface area contributed by atoms with Gasteiger partial charge in [0.05, 0.1) is 5.75 Å². The number of rotatable bonds is 5. The fourth-order valence-electron chi connectivity index (χ4n) is 1.76. The first-order valence-corrected chi connectivity index (χ1v) is 7.86. The number of ether oxygens (including phenoxy) is 1. The average molecular weight is 288 g/mol. The van der Waals surface area contributed by atoms with Crippen molar-refractivity contribution in [2.45, 2.75) is 39.2 Å². The lowest BCUT2D eigenvalue weighted by molar-refractivity contribution is -0.127. The van der Waals surface area contributed by atoms with Gasteiger partial charge in [-0.3, -0.25) is 4.79 Å². The van der Waals surface area contributed by atoms with E-state index in [1.807, 2.05) is 25.7 Å². The Morgan fingerprint density at radius 1 is 1.26 bits per heavy atom. The van der Waals surface area contributed by atoms with E-state index in [1.165, 1.54) is 0 Å². The first-order chi connectivity index (χ1) is 8.88. The molecule has 1 fully saturated rings. The van der Waals surface area contributed by atoms with E-state index in [0.29, 0.717) is 12.3 Å². The summed E-state index contributed by atoms with van der Waals surface area (Å²) in [6, 6.07) is 0. The number of carbonyl (C=O) groups is 2. The number of hydrogen-bond donors (Lipinski definition) is 1. The summed E-state index contributed by atoms with van der Waals surface area (Å²) < 4.78 is 5.11. The number of carbonyl (C=O) groups excluding carboxylic acids is 2. The second kappa shape index (κ2) is 7.62. The van der Waals surface area contributed by atoms with Gasteiger partial charge in [0.2, 0.25) is 5.91 Å². The molecule has 1 aliphatic rings. The molecule has 0 atom stereocenters. The normalized spacial score (nSPS) is 15.4. The third kappa shape index (κ3) is 7.30. The summed E-state index contributed by atoms with van der Waals surface area (Å²) in [7, 11) is 0. The van der Waals surface area contributed by atoms with Crippen molar-refractivity contribution >= 4 is 23.8 Å². The second-order valence-corrected chi connectivity index (χ2v) is 6.67. The molecule has 0 saturated carbocycles. The maximum atomic E-state index is 11.7. The molecule has 0 bridgehead atoms. The van der Waals surface area contributed by atoms with Crippen LogP contribution in [0.15, 0.2) is 0 Å². The van der Waals surface area contributed by atoms with Gasteiger partial charge in [-0.2, -0.15) is 11.8 Å². The van der Waals surface area contributed by atoms with Crippen LogP contribution in [-0.4, -0.2) is 53.6 Å². The van der Waals surface area contributed by atoms with E-state index in [0.717, 1.165) is 31.7 Å². The van der Waals surface area contributed by atoms with Crippen LogP contribution in [0.1, 0.15) is 33.6 Å². The minimum absolute atomic E-state index is 0.208. The van der Waals surface area contributed by atoms with Gasteiger partial charge in [0.25, 0.3) is 0 Å². The van der Waals surface area contributed by atoms with E-state index in [2.05, 4.69) is 5.32 Å². The molecule has 1 N–H and O–H groups in total. The number of thioether (sulfide) groups is 1. The highest BCUT2D eigenvalue weighted by Gasteiger charge is 2.18. The van der Waals surface area contributed by atoms with Crippen LogP contribution in [-0.2, 0) is 9.53 Å². The first-order valence-electron chi connectivity index (χ1n) is 6.71. The van der Waals surface area contributed by atoms with Crippen molar-refractivity contribution < 1.29 is 14.3 Å². The predicted molar refractivity (Wildman–Crippen MR) is 77.4 cm³/mol. The highest BCUT2D eigenvalue weighted by Crippen LogP contribution is 2.10. The number of hydrogen-bond acceptors (Lipinski definition) is 4. The zero-order valence-corrected chi connectivity index (χ0v) is 12.8. The van der Waals surface area contributed by atoms with Gasteiger partial charge in [-0.1, -0.05) is 0 Å². The Bertz CT molecular complexity index is 310. The molecule has 0 spiro atoms. The minimum atomic E-state index is -0.469. The molecule has 1 heterocycles. The predicted octanol–water partition coefficient (Wildman–Crippen LogP) is 1.87. The van der Waals surface area contributed by atoms with Crippen molar-refractivity contribution in [2.75, 3.05) is 31.1 Å². The Morgan fingerprint density at radius 2 is 1.89 bits per heavy atom. The van der Waals surface area contributed by atoms with Gasteiger partial charge in [0, 0.05) is 25.4 Å². The topological polar surface area (TPSA) is 58.6 Å². The smallest absolute Gasteiger partial charge is 0.407 e. The van der Waals surface area contributed by atoms with Gasteiger partial charge in [-0.25, -0.2) is 4.79 Å². The summed E-state index contributed by atoms with van der Waals surface area (Å²) in [6.45, 7) is 7.81. The van der Waals surface area contributed by atoms with Crippen LogP contribution in [0.25, 0.3) is 0 Å². The average Bonchev–Trinajstić information content (AvgIpc) is 2.79. The lowest BCUT2D eigenvalue weighted by Crippen LogP contribution is -2.34. The number of alkyl carbamates (subject to hydrolysis) is 1. The molecule has 110 valence electrons. The van der Waals surface area contributed by atoms with Crippen molar-refractivity contribution in [1.82, 2.24) is 10.2 Å². The Labute approximate surface area is 119 Å². The zero-order chi connectivity index (χ0) is 14.3. The zero-order valence-electron chi connectivity index (χ0n) is 12.0. The number of likely N-dealkylation sites (tertiary alicyclic amines) is 1. The van der Waals surface area contributed by atoms with Crippen molar-refractivity contribution in [1.29, 1.82) is 0 Å². The third-order valence-electron chi connectivity index (χ3n) is 2.60. The highest BCUT2D eigenvalue weighted by atomic mass is 32.2. The number of nitrogens with one attached hydrogen (secondary N) is 1. The maximum absolute atomic E-state index is 11.7. The van der Waals surface area contributed by atoms with E-state index in [9.17, 15) is 9.59 Å². The molecule has 0 aromatic rings. The van der Waals surface area contributed by atoms with Crippen molar-refractivity contribution in [3.63, 3.8) is 0 Å². The van der Waals surface area contributed by atoms with Gasteiger partial charge in [0.15, 0.2) is 0 Å². The third-order valence-corrected chi connectivity index (χ3v) is 3.54. The molecule has 2 amide bonds. The van der Waals surface area contributed by atoms with Gasteiger partial charge >= 0.3 is 6.09 Å². The molecule has 1 aliphatic heterocycles. The van der Waals surface area contributed by atoms with Gasteiger partial charge in [-0.05, 0) is 33.6 Å². The lowest BCUT2D eigenvalue weighted by Gasteiger charge is -2.19. The summed E-state index contributed by atoms with van der Waals surface area (Å²) in [6.07, 6.45) is 1.84. The highest BCUT2D eigenvalue weighted by molar-refractivity contribution is 7.99. The molecular weight excluding hydrogens is 264 g/mol. The van der Waals surface area contributed by atoms with Crippen molar-refractivity contribution in [3.8, 4) is 0 Å². The summed E-state index contributed by atoms with van der Waals surface area (Å²) in [4.78, 5) is 25.0. The van der Waals surface area contributed by atoms with E-state index >= 15 is 0 Å². The summed E-state index contributed by atoms with van der Waals surface area (Å²) in [5.41, 5.74) is -0.469. The van der Waals surface area contributed by atoms with E-state index in [4.69, 9.17) is 4.74 Å². The summed E-state index contributed by atoms with van der Waals surface area (Å²) in [5, 5.41) is 2.68. The van der Waals surface area contributed by atoms with E-state index < -0.39 is 11.7 Å². The fraction of sp³-hybridized carbons (Fsp3) is 0.846. The Morgan fingerprint density at radius 3 is 2.47 bits per heavy atom. The Hall–Kier alpha value is -0.910. The minimum Gasteiger partial charge on any atom is -0.444 e. The number of amides is 2. The molecule has 0 radical (unpaired) electrons. The monoisotopic (exact) mass is 288 g/mol. The fourth-order valence-corrected chi connectivity index (χ4v) is 2.50. The van der Waals surface area contributed by atoms with Crippen LogP contribution in [0.3, 0.4) is 0 Å². The largest absolute Gasteiger partial charge is 0.444 e. The molecule has 1 saturated heterocycles.